The molecule has 1 aromatic heterocycles. The molecule has 0 spiro atoms. The molecule has 0 unspecified atom stereocenters. The summed E-state index contributed by atoms with van der Waals surface area (Å²) in [6, 6.07) is 7.91. The van der Waals surface area contributed by atoms with Crippen molar-refractivity contribution in [1.29, 1.82) is 0 Å². The molecule has 3 rings (SSSR count). The predicted octanol–water partition coefficient (Wildman–Crippen LogP) is 3.88. The fraction of sp³-hybridized carbons (Fsp3) is 0.476. The number of rotatable bonds is 7. The van der Waals surface area contributed by atoms with E-state index in [2.05, 4.69) is 17.2 Å². The quantitative estimate of drug-likeness (QED) is 0.711. The van der Waals surface area contributed by atoms with Crippen LogP contribution in [0.4, 0.5) is 0 Å². The molecule has 1 saturated carbocycles. The highest BCUT2D eigenvalue weighted by Crippen LogP contribution is 2.23. The Hall–Kier alpha value is -2.41. The Morgan fingerprint density at radius 1 is 1.18 bits per heavy atom. The minimum absolute atomic E-state index is 0.187. The summed E-state index contributed by atoms with van der Waals surface area (Å²) in [5.41, 5.74) is 1.36. The molecule has 2 aromatic rings. The smallest absolute Gasteiger partial charge is 0.358 e. The van der Waals surface area contributed by atoms with Crippen molar-refractivity contribution in [3.8, 4) is 5.75 Å². The summed E-state index contributed by atoms with van der Waals surface area (Å²) in [5.74, 6) is 0.620. The lowest BCUT2D eigenvalue weighted by Crippen LogP contribution is -2.39. The molecule has 0 saturated heterocycles. The number of hydrogen-bond acceptors (Lipinski definition) is 6. The largest absolute Gasteiger partial charge is 0.486 e. The number of carbonyl (C=O) groups excluding carboxylic acids is 2. The van der Waals surface area contributed by atoms with E-state index in [1.54, 1.807) is 5.38 Å². The first-order valence-corrected chi connectivity index (χ1v) is 10.5. The van der Waals surface area contributed by atoms with Gasteiger partial charge in [0.1, 0.15) is 17.4 Å². The minimum atomic E-state index is -0.592. The maximum absolute atomic E-state index is 12.1. The fourth-order valence-corrected chi connectivity index (χ4v) is 3.80. The molecule has 6 nitrogen and oxygen atoms in total. The first-order chi connectivity index (χ1) is 13.5. The zero-order valence-corrected chi connectivity index (χ0v) is 17.1. The number of amides is 1. The lowest BCUT2D eigenvalue weighted by atomic mass is 9.87. The van der Waals surface area contributed by atoms with Crippen LogP contribution in [0.5, 0.6) is 5.75 Å². The standard InChI is InChI=1S/C21H26N2O4S/c1-14-3-7-16(8-4-14)22-19(24)11-27-21(25)18-13-28-20(23-18)12-26-17-9-5-15(2)6-10-17/h5-6,9-10,13-14,16H,3-4,7-8,11-12H2,1-2H3,(H,22,24). The highest BCUT2D eigenvalue weighted by Gasteiger charge is 2.21. The molecule has 1 aromatic carbocycles. The van der Waals surface area contributed by atoms with E-state index in [1.165, 1.54) is 11.3 Å². The van der Waals surface area contributed by atoms with E-state index in [0.29, 0.717) is 5.01 Å². The first kappa shape index (κ1) is 20.3. The first-order valence-electron chi connectivity index (χ1n) is 9.60. The van der Waals surface area contributed by atoms with Crippen LogP contribution in [-0.2, 0) is 16.1 Å². The van der Waals surface area contributed by atoms with Gasteiger partial charge in [-0.1, -0.05) is 24.6 Å². The third-order valence-corrected chi connectivity index (χ3v) is 5.68. The van der Waals surface area contributed by atoms with Gasteiger partial charge in [-0.3, -0.25) is 4.79 Å². The summed E-state index contributed by atoms with van der Waals surface area (Å²) in [6.45, 7) is 4.24. The maximum Gasteiger partial charge on any atom is 0.358 e. The van der Waals surface area contributed by atoms with Crippen molar-refractivity contribution in [3.63, 3.8) is 0 Å². The molecule has 28 heavy (non-hydrogen) atoms. The van der Waals surface area contributed by atoms with Gasteiger partial charge in [0.05, 0.1) is 0 Å². The Morgan fingerprint density at radius 3 is 2.61 bits per heavy atom. The number of ether oxygens (including phenoxy) is 2. The molecule has 1 N–H and O–H groups in total. The summed E-state index contributed by atoms with van der Waals surface area (Å²) in [5, 5.41) is 5.24. The monoisotopic (exact) mass is 402 g/mol. The number of hydrogen-bond donors (Lipinski definition) is 1. The Kier molecular flexibility index (Phi) is 7.03. The normalized spacial score (nSPS) is 19.1. The van der Waals surface area contributed by atoms with E-state index in [-0.39, 0.29) is 30.9 Å². The topological polar surface area (TPSA) is 77.5 Å². The molecule has 0 atom stereocenters. The minimum Gasteiger partial charge on any atom is -0.486 e. The van der Waals surface area contributed by atoms with E-state index in [9.17, 15) is 9.59 Å². The van der Waals surface area contributed by atoms with Crippen molar-refractivity contribution in [3.05, 3.63) is 45.9 Å². The second-order valence-electron chi connectivity index (χ2n) is 7.33. The van der Waals surface area contributed by atoms with E-state index >= 15 is 0 Å². The molecular formula is C21H26N2O4S. The summed E-state index contributed by atoms with van der Waals surface area (Å²) < 4.78 is 10.8. The van der Waals surface area contributed by atoms with E-state index in [1.807, 2.05) is 31.2 Å². The van der Waals surface area contributed by atoms with Crippen molar-refractivity contribution in [2.75, 3.05) is 6.61 Å². The van der Waals surface area contributed by atoms with Gasteiger partial charge in [-0.05, 0) is 50.7 Å². The van der Waals surface area contributed by atoms with Gasteiger partial charge in [0.15, 0.2) is 12.3 Å². The summed E-state index contributed by atoms with van der Waals surface area (Å²) in [6.07, 6.45) is 4.21. The third-order valence-electron chi connectivity index (χ3n) is 4.86. The zero-order valence-electron chi connectivity index (χ0n) is 16.3. The molecule has 1 heterocycles. The van der Waals surface area contributed by atoms with Crippen molar-refractivity contribution in [1.82, 2.24) is 10.3 Å². The lowest BCUT2D eigenvalue weighted by molar-refractivity contribution is -0.125. The number of thiazole rings is 1. The van der Waals surface area contributed by atoms with Crippen molar-refractivity contribution in [2.24, 2.45) is 5.92 Å². The van der Waals surface area contributed by atoms with Gasteiger partial charge in [-0.15, -0.1) is 11.3 Å². The number of nitrogens with zero attached hydrogens (tertiary/aromatic N) is 1. The van der Waals surface area contributed by atoms with Crippen molar-refractivity contribution < 1.29 is 19.1 Å². The van der Waals surface area contributed by atoms with Gasteiger partial charge in [-0.2, -0.15) is 0 Å². The van der Waals surface area contributed by atoms with E-state index in [0.717, 1.165) is 42.9 Å². The number of aryl methyl sites for hydroxylation is 1. The van der Waals surface area contributed by atoms with Gasteiger partial charge in [0, 0.05) is 11.4 Å². The van der Waals surface area contributed by atoms with Crippen LogP contribution in [-0.4, -0.2) is 29.5 Å². The Morgan fingerprint density at radius 2 is 1.89 bits per heavy atom. The second kappa shape index (κ2) is 9.68. The number of aromatic nitrogens is 1. The predicted molar refractivity (Wildman–Crippen MR) is 107 cm³/mol. The Bertz CT molecular complexity index is 795. The van der Waals surface area contributed by atoms with Gasteiger partial charge in [-0.25, -0.2) is 9.78 Å². The van der Waals surface area contributed by atoms with E-state index < -0.39 is 5.97 Å². The van der Waals surface area contributed by atoms with Crippen LogP contribution >= 0.6 is 11.3 Å². The molecule has 1 aliphatic carbocycles. The van der Waals surface area contributed by atoms with Gasteiger partial charge in [0.25, 0.3) is 5.91 Å². The average molecular weight is 403 g/mol. The number of carbonyl (C=O) groups is 2. The summed E-state index contributed by atoms with van der Waals surface area (Å²) in [4.78, 5) is 28.3. The number of esters is 1. The van der Waals surface area contributed by atoms with Crippen LogP contribution in [0.1, 0.15) is 53.7 Å². The molecule has 0 radical (unpaired) electrons. The maximum atomic E-state index is 12.1. The van der Waals surface area contributed by atoms with Crippen molar-refractivity contribution in [2.45, 2.75) is 52.2 Å². The molecule has 1 aliphatic rings. The van der Waals surface area contributed by atoms with Crippen LogP contribution < -0.4 is 10.1 Å². The highest BCUT2D eigenvalue weighted by molar-refractivity contribution is 7.09. The average Bonchev–Trinajstić information content (AvgIpc) is 3.17. The van der Waals surface area contributed by atoms with Gasteiger partial charge < -0.3 is 14.8 Å². The highest BCUT2D eigenvalue weighted by atomic mass is 32.1. The van der Waals surface area contributed by atoms with Crippen molar-refractivity contribution >= 4 is 23.2 Å². The molecule has 150 valence electrons. The summed E-state index contributed by atoms with van der Waals surface area (Å²) in [7, 11) is 0. The second-order valence-corrected chi connectivity index (χ2v) is 8.27. The Labute approximate surface area is 169 Å². The molecule has 0 bridgehead atoms. The SMILES string of the molecule is Cc1ccc(OCc2nc(C(=O)OCC(=O)NC3CCC(C)CC3)cs2)cc1. The van der Waals surface area contributed by atoms with Crippen LogP contribution in [0, 0.1) is 12.8 Å². The number of nitrogens with one attached hydrogen (secondary N) is 1. The van der Waals surface area contributed by atoms with Gasteiger partial charge >= 0.3 is 5.97 Å². The van der Waals surface area contributed by atoms with E-state index in [4.69, 9.17) is 9.47 Å². The van der Waals surface area contributed by atoms with Crippen LogP contribution in [0.2, 0.25) is 0 Å². The molecular weight excluding hydrogens is 376 g/mol. The van der Waals surface area contributed by atoms with Crippen LogP contribution in [0.3, 0.4) is 0 Å². The molecule has 1 fully saturated rings. The molecule has 0 aliphatic heterocycles. The third kappa shape index (κ3) is 6.05. The van der Waals surface area contributed by atoms with Crippen LogP contribution in [0.25, 0.3) is 0 Å². The zero-order chi connectivity index (χ0) is 19.9. The fourth-order valence-electron chi connectivity index (χ4n) is 3.13. The number of benzene rings is 1. The Balaban J connectivity index is 1.41. The molecule has 7 heteroatoms. The van der Waals surface area contributed by atoms with Crippen LogP contribution in [0.15, 0.2) is 29.6 Å². The lowest BCUT2D eigenvalue weighted by Gasteiger charge is -2.26. The molecule has 1 amide bonds. The summed E-state index contributed by atoms with van der Waals surface area (Å²) >= 11 is 1.33. The van der Waals surface area contributed by atoms with Gasteiger partial charge in [0.2, 0.25) is 0 Å².